The van der Waals surface area contributed by atoms with Gasteiger partial charge in [0.25, 0.3) is 0 Å². The summed E-state index contributed by atoms with van der Waals surface area (Å²) in [6, 6.07) is 30.2. The maximum absolute atomic E-state index is 8.35. The third kappa shape index (κ3) is 5.74. The van der Waals surface area contributed by atoms with Crippen LogP contribution in [0.5, 0.6) is 0 Å². The fraction of sp³-hybridized carbons (Fsp3) is 0.0952. The molecule has 2 heteroatoms. The maximum atomic E-state index is 8.35. The lowest BCUT2D eigenvalue weighted by Gasteiger charge is -2.05. The van der Waals surface area contributed by atoms with E-state index in [0.29, 0.717) is 0 Å². The Morgan fingerprint density at radius 2 is 0.826 bits per heavy atom. The minimum Gasteiger partial charge on any atom is -0.222 e. The van der Waals surface area contributed by atoms with Crippen LogP contribution in [0.25, 0.3) is 0 Å². The Kier molecular flexibility index (Phi) is 6.52. The normalized spacial score (nSPS) is 9.39. The van der Waals surface area contributed by atoms with Crippen molar-refractivity contribution in [3.8, 4) is 0 Å². The van der Waals surface area contributed by atoms with Crippen LogP contribution in [0, 0.1) is 5.41 Å². The molecule has 0 atom stereocenters. The Morgan fingerprint density at radius 3 is 1.13 bits per heavy atom. The van der Waals surface area contributed by atoms with Gasteiger partial charge in [-0.25, -0.2) is 10.2 Å². The van der Waals surface area contributed by atoms with Gasteiger partial charge in [-0.2, -0.15) is 0 Å². The molecular weight excluding hydrogens is 282 g/mol. The van der Waals surface area contributed by atoms with E-state index in [9.17, 15) is 0 Å². The second-order valence-electron chi connectivity index (χ2n) is 5.24. The molecule has 0 unspecified atom stereocenters. The average Bonchev–Trinajstić information content (AvgIpc) is 2.59. The van der Waals surface area contributed by atoms with E-state index in [1.807, 2.05) is 0 Å². The molecule has 0 aliphatic heterocycles. The third-order valence-electron chi connectivity index (χ3n) is 3.53. The predicted octanol–water partition coefficient (Wildman–Crippen LogP) is 4.77. The molecule has 0 amide bonds. The highest BCUT2D eigenvalue weighted by atomic mass is 16.1. The van der Waals surface area contributed by atoms with Crippen LogP contribution in [0.15, 0.2) is 84.9 Å². The molecule has 0 bridgehead atoms. The lowest BCUT2D eigenvalue weighted by Crippen LogP contribution is -1.91. The number of rotatable bonds is 4. The molecule has 0 aliphatic carbocycles. The summed E-state index contributed by atoms with van der Waals surface area (Å²) in [4.78, 5) is 8.35. The van der Waals surface area contributed by atoms with Crippen LogP contribution >= 0.6 is 0 Å². The van der Waals surface area contributed by atoms with E-state index >= 15 is 0 Å². The Bertz CT molecular complexity index is 667. The zero-order chi connectivity index (χ0) is 16.3. The molecule has 114 valence electrons. The molecule has 0 saturated heterocycles. The van der Waals surface area contributed by atoms with Gasteiger partial charge in [0.15, 0.2) is 0 Å². The van der Waals surface area contributed by atoms with Crippen LogP contribution in [0.4, 0.5) is 0 Å². The molecule has 23 heavy (non-hydrogen) atoms. The van der Waals surface area contributed by atoms with Crippen LogP contribution in [-0.4, -0.2) is 6.08 Å². The van der Waals surface area contributed by atoms with Crippen molar-refractivity contribution in [1.82, 2.24) is 0 Å². The number of hydrogen-bond acceptors (Lipinski definition) is 2. The second kappa shape index (κ2) is 9.14. The van der Waals surface area contributed by atoms with E-state index < -0.39 is 0 Å². The van der Waals surface area contributed by atoms with Crippen LogP contribution < -0.4 is 0 Å². The first-order valence-electron chi connectivity index (χ1n) is 7.51. The lowest BCUT2D eigenvalue weighted by molar-refractivity contribution is 0.563. The van der Waals surface area contributed by atoms with E-state index in [0.717, 1.165) is 18.9 Å². The summed E-state index contributed by atoms with van der Waals surface area (Å²) < 4.78 is 0. The van der Waals surface area contributed by atoms with Crippen molar-refractivity contribution >= 4 is 6.08 Å². The Morgan fingerprint density at radius 1 is 0.565 bits per heavy atom. The zero-order valence-corrected chi connectivity index (χ0v) is 12.9. The van der Waals surface area contributed by atoms with Gasteiger partial charge in [0.05, 0.1) is 0 Å². The number of nitrogens with one attached hydrogen (secondary N) is 1. The number of hydrogen-bond donors (Lipinski definition) is 1. The molecule has 0 fully saturated rings. The predicted molar refractivity (Wildman–Crippen MR) is 93.4 cm³/mol. The molecule has 0 spiro atoms. The van der Waals surface area contributed by atoms with Gasteiger partial charge in [0.1, 0.15) is 0 Å². The van der Waals surface area contributed by atoms with Crippen molar-refractivity contribution in [2.45, 2.75) is 12.8 Å². The molecule has 3 aromatic rings. The molecule has 0 heterocycles. The minimum atomic E-state index is 0.750. The molecule has 1 N–H and O–H groups in total. The SMILES string of the molecule is N=C=O.c1ccc(Cc2ccc(Cc3ccccc3)cc2)cc1. The highest BCUT2D eigenvalue weighted by Gasteiger charge is 1.98. The van der Waals surface area contributed by atoms with Crippen molar-refractivity contribution in [3.05, 3.63) is 107 Å². The number of carbonyl (C=O) groups excluding carboxylic acids is 1. The van der Waals surface area contributed by atoms with Crippen molar-refractivity contribution in [2.75, 3.05) is 0 Å². The van der Waals surface area contributed by atoms with Gasteiger partial charge < -0.3 is 0 Å². The Labute approximate surface area is 136 Å². The van der Waals surface area contributed by atoms with Gasteiger partial charge >= 0.3 is 0 Å². The van der Waals surface area contributed by atoms with E-state index in [1.54, 1.807) is 0 Å². The first-order chi connectivity index (χ1) is 11.3. The summed E-state index contributed by atoms with van der Waals surface area (Å²) >= 11 is 0. The molecule has 0 aromatic heterocycles. The van der Waals surface area contributed by atoms with Gasteiger partial charge in [-0.15, -0.1) is 0 Å². The van der Waals surface area contributed by atoms with Crippen LogP contribution in [0.3, 0.4) is 0 Å². The van der Waals surface area contributed by atoms with Gasteiger partial charge in [-0.1, -0.05) is 84.9 Å². The van der Waals surface area contributed by atoms with Crippen molar-refractivity contribution < 1.29 is 4.79 Å². The fourth-order valence-corrected chi connectivity index (χ4v) is 2.44. The van der Waals surface area contributed by atoms with Crippen LogP contribution in [0.1, 0.15) is 22.3 Å². The van der Waals surface area contributed by atoms with Crippen molar-refractivity contribution in [2.24, 2.45) is 0 Å². The average molecular weight is 301 g/mol. The summed E-state index contributed by atoms with van der Waals surface area (Å²) in [7, 11) is 0. The van der Waals surface area contributed by atoms with Crippen molar-refractivity contribution in [3.63, 3.8) is 0 Å². The Balaban J connectivity index is 0.000000595. The first-order valence-corrected chi connectivity index (χ1v) is 7.51. The molecule has 0 saturated carbocycles. The lowest BCUT2D eigenvalue weighted by atomic mass is 10.0. The molecule has 0 radical (unpaired) electrons. The number of isocyanates is 1. The summed E-state index contributed by atoms with van der Waals surface area (Å²) in [6.07, 6.45) is 2.76. The third-order valence-corrected chi connectivity index (χ3v) is 3.53. The highest BCUT2D eigenvalue weighted by molar-refractivity contribution is 5.31. The van der Waals surface area contributed by atoms with Crippen molar-refractivity contribution in [1.29, 1.82) is 5.41 Å². The topological polar surface area (TPSA) is 40.9 Å². The molecule has 2 nitrogen and oxygen atoms in total. The summed E-state index contributed by atoms with van der Waals surface area (Å²) in [5, 5.41) is 5.40. The monoisotopic (exact) mass is 301 g/mol. The van der Waals surface area contributed by atoms with E-state index in [-0.39, 0.29) is 0 Å². The summed E-state index contributed by atoms with van der Waals surface area (Å²) in [5.74, 6) is 0. The molecule has 3 rings (SSSR count). The second-order valence-corrected chi connectivity index (χ2v) is 5.24. The molecule has 0 aliphatic rings. The molecule has 3 aromatic carbocycles. The number of benzene rings is 3. The maximum Gasteiger partial charge on any atom is 0.231 e. The minimum absolute atomic E-state index is 0.750. The van der Waals surface area contributed by atoms with E-state index in [4.69, 9.17) is 10.2 Å². The summed E-state index contributed by atoms with van der Waals surface area (Å²) in [5.41, 5.74) is 5.47. The smallest absolute Gasteiger partial charge is 0.222 e. The zero-order valence-electron chi connectivity index (χ0n) is 12.9. The van der Waals surface area contributed by atoms with Gasteiger partial charge in [-0.3, -0.25) is 0 Å². The standard InChI is InChI=1S/C20H18.CHNO/c1-3-7-17(8-4-1)15-19-11-13-20(14-12-19)16-18-9-5-2-6-10-18;2-1-3/h1-14H,15-16H2;2H. The summed E-state index contributed by atoms with van der Waals surface area (Å²) in [6.45, 7) is 0. The quantitative estimate of drug-likeness (QED) is 0.547. The Hall–Kier alpha value is -2.96. The van der Waals surface area contributed by atoms with E-state index in [2.05, 4.69) is 84.9 Å². The van der Waals surface area contributed by atoms with Crippen LogP contribution in [-0.2, 0) is 17.6 Å². The highest BCUT2D eigenvalue weighted by Crippen LogP contribution is 2.13. The van der Waals surface area contributed by atoms with E-state index in [1.165, 1.54) is 22.3 Å². The van der Waals surface area contributed by atoms with Gasteiger partial charge in [0.2, 0.25) is 6.08 Å². The van der Waals surface area contributed by atoms with Gasteiger partial charge in [0, 0.05) is 0 Å². The first kappa shape index (κ1) is 16.4. The molecular formula is C21H19NO. The van der Waals surface area contributed by atoms with Crippen LogP contribution in [0.2, 0.25) is 0 Å². The fourth-order valence-electron chi connectivity index (χ4n) is 2.44. The van der Waals surface area contributed by atoms with Gasteiger partial charge in [-0.05, 0) is 35.1 Å². The largest absolute Gasteiger partial charge is 0.231 e.